The summed E-state index contributed by atoms with van der Waals surface area (Å²) in [7, 11) is 1.48. The standard InChI is InChI=1S/C10H12N2O4/c1-16-7-9-4-2-3-8(5-6-11-13)10(9)12(14)15/h2-4H,5-7H2,1H3. The van der Waals surface area contributed by atoms with Crippen LogP contribution in [0.2, 0.25) is 0 Å². The van der Waals surface area contributed by atoms with Crippen LogP contribution >= 0.6 is 0 Å². The zero-order valence-corrected chi connectivity index (χ0v) is 8.88. The molecule has 0 spiro atoms. The molecule has 6 heteroatoms. The minimum absolute atomic E-state index is 0.0213. The minimum atomic E-state index is -0.450. The molecule has 0 heterocycles. The molecule has 0 aromatic heterocycles. The van der Waals surface area contributed by atoms with Crippen molar-refractivity contribution in [3.63, 3.8) is 0 Å². The molecule has 16 heavy (non-hydrogen) atoms. The van der Waals surface area contributed by atoms with Crippen molar-refractivity contribution in [2.45, 2.75) is 13.0 Å². The maximum Gasteiger partial charge on any atom is 0.278 e. The van der Waals surface area contributed by atoms with E-state index in [4.69, 9.17) is 4.74 Å². The lowest BCUT2D eigenvalue weighted by atomic mass is 10.1. The zero-order valence-electron chi connectivity index (χ0n) is 8.88. The summed E-state index contributed by atoms with van der Waals surface area (Å²) in [5, 5.41) is 13.6. The predicted molar refractivity (Wildman–Crippen MR) is 58.2 cm³/mol. The summed E-state index contributed by atoms with van der Waals surface area (Å²) in [5.41, 5.74) is 1.04. The van der Waals surface area contributed by atoms with Crippen LogP contribution in [-0.2, 0) is 17.8 Å². The molecule has 0 N–H and O–H groups in total. The van der Waals surface area contributed by atoms with Crippen molar-refractivity contribution < 1.29 is 9.66 Å². The highest BCUT2D eigenvalue weighted by Gasteiger charge is 2.18. The van der Waals surface area contributed by atoms with Gasteiger partial charge >= 0.3 is 0 Å². The van der Waals surface area contributed by atoms with Crippen molar-refractivity contribution in [3.05, 3.63) is 44.3 Å². The second-order valence-electron chi connectivity index (χ2n) is 3.22. The van der Waals surface area contributed by atoms with Gasteiger partial charge in [-0.1, -0.05) is 17.3 Å². The van der Waals surface area contributed by atoms with Gasteiger partial charge in [-0.3, -0.25) is 10.1 Å². The summed E-state index contributed by atoms with van der Waals surface area (Å²) in [6, 6.07) is 4.98. The van der Waals surface area contributed by atoms with Crippen LogP contribution in [0, 0.1) is 15.0 Å². The van der Waals surface area contributed by atoms with Gasteiger partial charge in [0, 0.05) is 19.1 Å². The molecule has 0 aliphatic heterocycles. The lowest BCUT2D eigenvalue weighted by Gasteiger charge is -2.05. The van der Waals surface area contributed by atoms with E-state index in [1.165, 1.54) is 7.11 Å². The van der Waals surface area contributed by atoms with Gasteiger partial charge in [-0.05, 0) is 6.07 Å². The monoisotopic (exact) mass is 224 g/mol. The summed E-state index contributed by atoms with van der Waals surface area (Å²) in [6.07, 6.45) is 0.275. The Morgan fingerprint density at radius 1 is 1.44 bits per heavy atom. The third kappa shape index (κ3) is 2.83. The lowest BCUT2D eigenvalue weighted by molar-refractivity contribution is -0.386. The summed E-state index contributed by atoms with van der Waals surface area (Å²) in [6.45, 7) is 0.218. The van der Waals surface area contributed by atoms with E-state index in [1.54, 1.807) is 18.2 Å². The molecule has 0 radical (unpaired) electrons. The van der Waals surface area contributed by atoms with E-state index in [0.29, 0.717) is 11.1 Å². The Morgan fingerprint density at radius 2 is 2.12 bits per heavy atom. The van der Waals surface area contributed by atoms with E-state index in [0.717, 1.165) is 0 Å². The topological polar surface area (TPSA) is 81.8 Å². The molecule has 0 fully saturated rings. The molecule has 86 valence electrons. The highest BCUT2D eigenvalue weighted by atomic mass is 16.6. The third-order valence-corrected chi connectivity index (χ3v) is 2.16. The van der Waals surface area contributed by atoms with Crippen LogP contribution in [0.1, 0.15) is 11.1 Å². The van der Waals surface area contributed by atoms with Gasteiger partial charge in [0.05, 0.1) is 23.6 Å². The first kappa shape index (κ1) is 12.3. The van der Waals surface area contributed by atoms with Gasteiger partial charge in [-0.15, -0.1) is 0 Å². The van der Waals surface area contributed by atoms with Crippen LogP contribution in [0.4, 0.5) is 5.69 Å². The highest BCUT2D eigenvalue weighted by Crippen LogP contribution is 2.24. The number of hydrogen-bond acceptors (Lipinski definition) is 5. The number of methoxy groups -OCH3 is 1. The molecular weight excluding hydrogens is 212 g/mol. The van der Waals surface area contributed by atoms with Gasteiger partial charge < -0.3 is 4.74 Å². The van der Waals surface area contributed by atoms with Gasteiger partial charge in [0.1, 0.15) is 0 Å². The zero-order chi connectivity index (χ0) is 12.0. The number of nitro benzene ring substituents is 1. The molecule has 0 saturated heterocycles. The molecule has 0 amide bonds. The van der Waals surface area contributed by atoms with E-state index in [2.05, 4.69) is 5.18 Å². The van der Waals surface area contributed by atoms with E-state index in [-0.39, 0.29) is 25.3 Å². The fourth-order valence-corrected chi connectivity index (χ4v) is 1.52. The Balaban J connectivity index is 3.10. The molecule has 0 aliphatic carbocycles. The second-order valence-corrected chi connectivity index (χ2v) is 3.22. The number of hydrogen-bond donors (Lipinski definition) is 0. The largest absolute Gasteiger partial charge is 0.380 e. The fourth-order valence-electron chi connectivity index (χ4n) is 1.52. The minimum Gasteiger partial charge on any atom is -0.380 e. The van der Waals surface area contributed by atoms with Crippen LogP contribution in [-0.4, -0.2) is 18.6 Å². The van der Waals surface area contributed by atoms with Crippen molar-refractivity contribution in [2.75, 3.05) is 13.7 Å². The Hall–Kier alpha value is -1.82. The average Bonchev–Trinajstić information content (AvgIpc) is 2.26. The first-order valence-corrected chi connectivity index (χ1v) is 4.74. The number of nitroso groups, excluding NO2 is 1. The van der Waals surface area contributed by atoms with Crippen molar-refractivity contribution in [3.8, 4) is 0 Å². The van der Waals surface area contributed by atoms with Crippen LogP contribution in [0.25, 0.3) is 0 Å². The van der Waals surface area contributed by atoms with Crippen LogP contribution in [0.15, 0.2) is 23.4 Å². The normalized spacial score (nSPS) is 10.1. The van der Waals surface area contributed by atoms with E-state index >= 15 is 0 Å². The van der Waals surface area contributed by atoms with E-state index in [1.807, 2.05) is 0 Å². The number of nitro groups is 1. The Labute approximate surface area is 92.4 Å². The maximum absolute atomic E-state index is 10.9. The fraction of sp³-hybridized carbons (Fsp3) is 0.400. The van der Waals surface area contributed by atoms with Crippen LogP contribution in [0.3, 0.4) is 0 Å². The third-order valence-electron chi connectivity index (χ3n) is 2.16. The molecule has 0 atom stereocenters. The van der Waals surface area contributed by atoms with Gasteiger partial charge in [0.15, 0.2) is 0 Å². The number of nitrogens with zero attached hydrogens (tertiary/aromatic N) is 2. The summed E-state index contributed by atoms with van der Waals surface area (Å²) in [4.78, 5) is 20.5. The smallest absolute Gasteiger partial charge is 0.278 e. The molecule has 6 nitrogen and oxygen atoms in total. The van der Waals surface area contributed by atoms with Gasteiger partial charge in [0.25, 0.3) is 5.69 Å². The van der Waals surface area contributed by atoms with Crippen molar-refractivity contribution in [1.82, 2.24) is 0 Å². The SMILES string of the molecule is COCc1cccc(CCN=O)c1[N+](=O)[O-]. The molecule has 0 bridgehead atoms. The van der Waals surface area contributed by atoms with Gasteiger partial charge in [-0.2, -0.15) is 4.91 Å². The van der Waals surface area contributed by atoms with Crippen LogP contribution in [0.5, 0.6) is 0 Å². The van der Waals surface area contributed by atoms with Crippen molar-refractivity contribution in [1.29, 1.82) is 0 Å². The lowest BCUT2D eigenvalue weighted by Crippen LogP contribution is -2.02. The first-order valence-electron chi connectivity index (χ1n) is 4.74. The summed E-state index contributed by atoms with van der Waals surface area (Å²) >= 11 is 0. The van der Waals surface area contributed by atoms with E-state index < -0.39 is 4.92 Å². The summed E-state index contributed by atoms with van der Waals surface area (Å²) in [5.74, 6) is 0. The number of benzene rings is 1. The number of para-hydroxylation sites is 1. The molecule has 1 rings (SSSR count). The number of rotatable bonds is 6. The Bertz CT molecular complexity index is 392. The van der Waals surface area contributed by atoms with E-state index in [9.17, 15) is 15.0 Å². The van der Waals surface area contributed by atoms with Gasteiger partial charge in [-0.25, -0.2) is 0 Å². The van der Waals surface area contributed by atoms with Crippen LogP contribution < -0.4 is 0 Å². The Kier molecular flexibility index (Phi) is 4.53. The predicted octanol–water partition coefficient (Wildman–Crippen LogP) is 2.05. The first-order chi connectivity index (χ1) is 7.70. The Morgan fingerprint density at radius 3 is 2.69 bits per heavy atom. The summed E-state index contributed by atoms with van der Waals surface area (Å²) < 4.78 is 4.89. The van der Waals surface area contributed by atoms with Crippen molar-refractivity contribution >= 4 is 5.69 Å². The average molecular weight is 224 g/mol. The molecular formula is C10H12N2O4. The molecule has 0 aliphatic rings. The molecule has 0 unspecified atom stereocenters. The molecule has 1 aromatic carbocycles. The van der Waals surface area contributed by atoms with Gasteiger partial charge in [0.2, 0.25) is 0 Å². The second kappa shape index (κ2) is 5.92. The highest BCUT2D eigenvalue weighted by molar-refractivity contribution is 5.47. The molecule has 0 saturated carbocycles. The maximum atomic E-state index is 10.9. The number of ether oxygens (including phenoxy) is 1. The molecule has 1 aromatic rings. The van der Waals surface area contributed by atoms with Crippen molar-refractivity contribution in [2.24, 2.45) is 5.18 Å². The quantitative estimate of drug-likeness (QED) is 0.420.